The summed E-state index contributed by atoms with van der Waals surface area (Å²) in [6, 6.07) is 8.57. The fourth-order valence-corrected chi connectivity index (χ4v) is 2.18. The summed E-state index contributed by atoms with van der Waals surface area (Å²) in [5.41, 5.74) is 3.90. The molecule has 1 heterocycles. The van der Waals surface area contributed by atoms with Gasteiger partial charge in [-0.15, -0.1) is 0 Å². The van der Waals surface area contributed by atoms with Gasteiger partial charge < -0.3 is 4.57 Å². The maximum atomic E-state index is 5.32. The highest BCUT2D eigenvalue weighted by Crippen LogP contribution is 2.19. The first-order valence-corrected chi connectivity index (χ1v) is 5.65. The number of pyridine rings is 1. The summed E-state index contributed by atoms with van der Waals surface area (Å²) in [4.78, 5) is 0. The van der Waals surface area contributed by atoms with Gasteiger partial charge in [-0.05, 0) is 61.5 Å². The van der Waals surface area contributed by atoms with Crippen molar-refractivity contribution in [3.05, 3.63) is 40.0 Å². The molecule has 0 unspecified atom stereocenters. The predicted molar refractivity (Wildman–Crippen MR) is 67.9 cm³/mol. The maximum absolute atomic E-state index is 5.32. The van der Waals surface area contributed by atoms with Gasteiger partial charge in [-0.3, -0.25) is 0 Å². The summed E-state index contributed by atoms with van der Waals surface area (Å²) in [5.74, 6) is 0. The zero-order chi connectivity index (χ0) is 11.0. The van der Waals surface area contributed by atoms with E-state index in [2.05, 4.69) is 43.5 Å². The molecule has 0 N–H and O–H groups in total. The minimum absolute atomic E-state index is 0.910. The molecule has 0 spiro atoms. The van der Waals surface area contributed by atoms with Crippen LogP contribution in [0.25, 0.3) is 10.9 Å². The van der Waals surface area contributed by atoms with Gasteiger partial charge in [-0.2, -0.15) is 0 Å². The number of rotatable bonds is 1. The normalized spacial score (nSPS) is 10.9. The van der Waals surface area contributed by atoms with Crippen LogP contribution in [0.15, 0.2) is 24.3 Å². The van der Waals surface area contributed by atoms with Crippen molar-refractivity contribution in [1.29, 1.82) is 0 Å². The monoisotopic (exact) mass is 217 g/mol. The number of aromatic nitrogens is 1. The van der Waals surface area contributed by atoms with E-state index in [1.165, 1.54) is 22.0 Å². The van der Waals surface area contributed by atoms with E-state index in [4.69, 9.17) is 12.2 Å². The molecule has 2 heteroatoms. The van der Waals surface area contributed by atoms with Crippen LogP contribution in [-0.2, 0) is 6.54 Å². The van der Waals surface area contributed by atoms with E-state index in [-0.39, 0.29) is 0 Å². The molecule has 0 bridgehead atoms. The first-order valence-electron chi connectivity index (χ1n) is 5.24. The zero-order valence-corrected chi connectivity index (χ0v) is 10.2. The molecule has 0 aliphatic heterocycles. The topological polar surface area (TPSA) is 4.93 Å². The van der Waals surface area contributed by atoms with Crippen LogP contribution in [0.2, 0.25) is 0 Å². The molecular weight excluding hydrogens is 202 g/mol. The Kier molecular flexibility index (Phi) is 2.61. The van der Waals surface area contributed by atoms with Gasteiger partial charge >= 0.3 is 0 Å². The summed E-state index contributed by atoms with van der Waals surface area (Å²) in [6.07, 6.45) is 0. The van der Waals surface area contributed by atoms with Crippen molar-refractivity contribution in [2.24, 2.45) is 0 Å². The standard InChI is InChI=1S/C13H15NS/c1-4-14-12-8-10(3)9(2)7-11(12)5-6-13(14)15/h5-8H,4H2,1-3H3. The van der Waals surface area contributed by atoms with Crippen molar-refractivity contribution in [3.63, 3.8) is 0 Å². The summed E-state index contributed by atoms with van der Waals surface area (Å²) in [5, 5.41) is 1.27. The fraction of sp³-hybridized carbons (Fsp3) is 0.308. The molecule has 0 fully saturated rings. The molecule has 1 aromatic carbocycles. The molecular formula is C13H15NS. The third kappa shape index (κ3) is 1.70. The summed E-state index contributed by atoms with van der Waals surface area (Å²) in [6.45, 7) is 7.35. The second-order valence-electron chi connectivity index (χ2n) is 3.91. The van der Waals surface area contributed by atoms with E-state index in [9.17, 15) is 0 Å². The molecule has 0 amide bonds. The summed E-state index contributed by atoms with van der Waals surface area (Å²) >= 11 is 5.32. The molecule has 0 atom stereocenters. The Bertz CT molecular complexity index is 566. The molecule has 0 aliphatic carbocycles. The lowest BCUT2D eigenvalue weighted by molar-refractivity contribution is 0.777. The molecule has 78 valence electrons. The van der Waals surface area contributed by atoms with Gasteiger partial charge in [0.2, 0.25) is 0 Å². The lowest BCUT2D eigenvalue weighted by Crippen LogP contribution is -1.99. The number of hydrogen-bond acceptors (Lipinski definition) is 1. The molecule has 1 nitrogen and oxygen atoms in total. The lowest BCUT2D eigenvalue weighted by atomic mass is 10.1. The zero-order valence-electron chi connectivity index (χ0n) is 9.37. The van der Waals surface area contributed by atoms with E-state index in [0.29, 0.717) is 0 Å². The van der Waals surface area contributed by atoms with Crippen LogP contribution >= 0.6 is 12.2 Å². The minimum Gasteiger partial charge on any atom is -0.332 e. The Morgan fingerprint density at radius 3 is 2.47 bits per heavy atom. The van der Waals surface area contributed by atoms with Gasteiger partial charge in [0.1, 0.15) is 4.64 Å². The number of nitrogens with zero attached hydrogens (tertiary/aromatic N) is 1. The van der Waals surface area contributed by atoms with Crippen molar-refractivity contribution >= 4 is 23.1 Å². The van der Waals surface area contributed by atoms with Crippen molar-refractivity contribution in [2.45, 2.75) is 27.3 Å². The Labute approximate surface area is 95.4 Å². The molecule has 2 rings (SSSR count). The van der Waals surface area contributed by atoms with E-state index in [1.807, 2.05) is 6.07 Å². The Hall–Kier alpha value is -1.15. The predicted octanol–water partition coefficient (Wildman–Crippen LogP) is 4.01. The maximum Gasteiger partial charge on any atom is 0.106 e. The quantitative estimate of drug-likeness (QED) is 0.653. The average molecular weight is 217 g/mol. The average Bonchev–Trinajstić information content (AvgIpc) is 2.21. The summed E-state index contributed by atoms with van der Waals surface area (Å²) in [7, 11) is 0. The fourth-order valence-electron chi connectivity index (χ4n) is 1.89. The van der Waals surface area contributed by atoms with E-state index < -0.39 is 0 Å². The van der Waals surface area contributed by atoms with Gasteiger partial charge in [-0.25, -0.2) is 0 Å². The number of benzene rings is 1. The van der Waals surface area contributed by atoms with Crippen molar-refractivity contribution in [1.82, 2.24) is 4.57 Å². The van der Waals surface area contributed by atoms with E-state index >= 15 is 0 Å². The number of hydrogen-bond donors (Lipinski definition) is 0. The first kappa shape index (κ1) is 10.4. The molecule has 0 aliphatic rings. The smallest absolute Gasteiger partial charge is 0.106 e. The highest BCUT2D eigenvalue weighted by atomic mass is 32.1. The number of aryl methyl sites for hydroxylation is 3. The highest BCUT2D eigenvalue weighted by molar-refractivity contribution is 7.71. The Morgan fingerprint density at radius 1 is 1.13 bits per heavy atom. The van der Waals surface area contributed by atoms with Crippen molar-refractivity contribution < 1.29 is 0 Å². The van der Waals surface area contributed by atoms with Gasteiger partial charge in [0.25, 0.3) is 0 Å². The van der Waals surface area contributed by atoms with Gasteiger partial charge in [0.05, 0.1) is 0 Å². The van der Waals surface area contributed by atoms with Gasteiger partial charge in [0, 0.05) is 12.1 Å². The van der Waals surface area contributed by atoms with Crippen molar-refractivity contribution in [3.8, 4) is 0 Å². The van der Waals surface area contributed by atoms with Crippen LogP contribution in [0.4, 0.5) is 0 Å². The van der Waals surface area contributed by atoms with Gasteiger partial charge in [0.15, 0.2) is 0 Å². The van der Waals surface area contributed by atoms with Gasteiger partial charge in [-0.1, -0.05) is 12.2 Å². The van der Waals surface area contributed by atoms with Crippen LogP contribution in [0.1, 0.15) is 18.1 Å². The molecule has 0 saturated heterocycles. The third-order valence-corrected chi connectivity index (χ3v) is 3.28. The highest BCUT2D eigenvalue weighted by Gasteiger charge is 2.01. The van der Waals surface area contributed by atoms with Crippen LogP contribution in [0.3, 0.4) is 0 Å². The lowest BCUT2D eigenvalue weighted by Gasteiger charge is -2.11. The minimum atomic E-state index is 0.910. The Balaban J connectivity index is 2.92. The van der Waals surface area contributed by atoms with Crippen molar-refractivity contribution in [2.75, 3.05) is 0 Å². The molecule has 2 aromatic rings. The molecule has 0 saturated carbocycles. The van der Waals surface area contributed by atoms with Crippen LogP contribution in [0, 0.1) is 18.5 Å². The molecule has 15 heavy (non-hydrogen) atoms. The number of fused-ring (bicyclic) bond motifs is 1. The Morgan fingerprint density at radius 2 is 1.80 bits per heavy atom. The summed E-state index contributed by atoms with van der Waals surface area (Å²) < 4.78 is 3.09. The SMILES string of the molecule is CCn1c(=S)ccc2cc(C)c(C)cc21. The van der Waals surface area contributed by atoms with E-state index in [0.717, 1.165) is 11.2 Å². The second kappa shape index (κ2) is 3.78. The molecule has 0 radical (unpaired) electrons. The molecule has 1 aromatic heterocycles. The van der Waals surface area contributed by atoms with E-state index in [1.54, 1.807) is 0 Å². The third-order valence-electron chi connectivity index (χ3n) is 2.92. The second-order valence-corrected chi connectivity index (χ2v) is 4.33. The first-order chi connectivity index (χ1) is 7.13. The van der Waals surface area contributed by atoms with Crippen LogP contribution in [0.5, 0.6) is 0 Å². The largest absolute Gasteiger partial charge is 0.332 e. The van der Waals surface area contributed by atoms with Crippen LogP contribution < -0.4 is 0 Å². The van der Waals surface area contributed by atoms with Crippen LogP contribution in [-0.4, -0.2) is 4.57 Å².